The Morgan fingerprint density at radius 3 is 2.47 bits per heavy atom. The molecule has 4 aromatic rings. The number of phenols is 1. The predicted octanol–water partition coefficient (Wildman–Crippen LogP) is 7.09. The predicted molar refractivity (Wildman–Crippen MR) is 147 cm³/mol. The van der Waals surface area contributed by atoms with Crippen molar-refractivity contribution in [2.75, 3.05) is 26.7 Å². The van der Waals surface area contributed by atoms with E-state index in [1.807, 2.05) is 37.3 Å². The minimum absolute atomic E-state index is 0.0694. The minimum atomic E-state index is -0.527. The first kappa shape index (κ1) is 26.1. The molecule has 0 saturated carbocycles. The molecule has 0 atom stereocenters. The number of hydrogen-bond donors (Lipinski definition) is 1. The van der Waals surface area contributed by atoms with E-state index < -0.39 is 5.63 Å². The zero-order valence-electron chi connectivity index (χ0n) is 20.6. The van der Waals surface area contributed by atoms with Crippen molar-refractivity contribution in [1.29, 1.82) is 0 Å². The lowest BCUT2D eigenvalue weighted by atomic mass is 9.92. The molecule has 0 radical (unpaired) electrons. The quantitative estimate of drug-likeness (QED) is 0.236. The summed E-state index contributed by atoms with van der Waals surface area (Å²) < 4.78 is 11.5. The molecule has 3 aromatic carbocycles. The third kappa shape index (κ3) is 5.86. The summed E-state index contributed by atoms with van der Waals surface area (Å²) in [4.78, 5) is 15.4. The van der Waals surface area contributed by atoms with Gasteiger partial charge in [-0.2, -0.15) is 0 Å². The highest BCUT2D eigenvalue weighted by atomic mass is 35.5. The molecule has 0 aliphatic carbocycles. The van der Waals surface area contributed by atoms with Gasteiger partial charge >= 0.3 is 5.63 Å². The lowest BCUT2D eigenvalue weighted by Crippen LogP contribution is -2.24. The third-order valence-electron chi connectivity index (χ3n) is 6.18. The lowest BCUT2D eigenvalue weighted by Gasteiger charge is -2.16. The highest BCUT2D eigenvalue weighted by Crippen LogP contribution is 2.36. The Hall–Kier alpha value is -2.99. The van der Waals surface area contributed by atoms with E-state index in [1.54, 1.807) is 18.2 Å². The Morgan fingerprint density at radius 1 is 1.03 bits per heavy atom. The SMILES string of the molecule is CCCN(C)CCOc1ccc(Cc2c(-c3ccc(Cl)cc3Cl)c(=O)oc3cc(O)c(C)cc23)cc1. The molecule has 0 bridgehead atoms. The number of ether oxygens (including phenoxy) is 1. The van der Waals surface area contributed by atoms with Crippen molar-refractivity contribution in [2.24, 2.45) is 0 Å². The Bertz CT molecular complexity index is 1430. The summed E-state index contributed by atoms with van der Waals surface area (Å²) in [7, 11) is 2.09. The van der Waals surface area contributed by atoms with Crippen LogP contribution in [-0.2, 0) is 6.42 Å². The second-order valence-electron chi connectivity index (χ2n) is 8.97. The van der Waals surface area contributed by atoms with Crippen molar-refractivity contribution in [3.05, 3.63) is 91.8 Å². The summed E-state index contributed by atoms with van der Waals surface area (Å²) in [6, 6.07) is 16.2. The molecule has 1 N–H and O–H groups in total. The maximum absolute atomic E-state index is 13.2. The van der Waals surface area contributed by atoms with Crippen LogP contribution in [0.25, 0.3) is 22.1 Å². The van der Waals surface area contributed by atoms with Crippen LogP contribution in [0.2, 0.25) is 10.0 Å². The molecule has 0 aliphatic rings. The van der Waals surface area contributed by atoms with Crippen LogP contribution < -0.4 is 10.4 Å². The van der Waals surface area contributed by atoms with Crippen LogP contribution in [0.5, 0.6) is 11.5 Å². The topological polar surface area (TPSA) is 62.9 Å². The summed E-state index contributed by atoms with van der Waals surface area (Å²) in [5.41, 5.74) is 3.17. The number of aromatic hydroxyl groups is 1. The number of benzene rings is 3. The fourth-order valence-electron chi connectivity index (χ4n) is 4.28. The van der Waals surface area contributed by atoms with E-state index in [2.05, 4.69) is 18.9 Å². The van der Waals surface area contributed by atoms with E-state index in [0.29, 0.717) is 45.3 Å². The van der Waals surface area contributed by atoms with Gasteiger partial charge in [-0.3, -0.25) is 0 Å². The molecule has 7 heteroatoms. The van der Waals surface area contributed by atoms with Crippen LogP contribution in [-0.4, -0.2) is 36.8 Å². The first-order chi connectivity index (χ1) is 17.3. The first-order valence-corrected chi connectivity index (χ1v) is 12.7. The fourth-order valence-corrected chi connectivity index (χ4v) is 4.78. The van der Waals surface area contributed by atoms with Crippen LogP contribution in [0.4, 0.5) is 0 Å². The Balaban J connectivity index is 1.72. The van der Waals surface area contributed by atoms with Gasteiger partial charge in [-0.15, -0.1) is 0 Å². The largest absolute Gasteiger partial charge is 0.508 e. The van der Waals surface area contributed by atoms with E-state index in [1.165, 1.54) is 6.07 Å². The summed E-state index contributed by atoms with van der Waals surface area (Å²) in [5, 5.41) is 11.8. The maximum atomic E-state index is 13.2. The highest BCUT2D eigenvalue weighted by Gasteiger charge is 2.20. The molecular weight excluding hydrogens is 497 g/mol. The highest BCUT2D eigenvalue weighted by molar-refractivity contribution is 6.36. The lowest BCUT2D eigenvalue weighted by molar-refractivity contribution is 0.237. The molecule has 0 unspecified atom stereocenters. The van der Waals surface area contributed by atoms with E-state index in [9.17, 15) is 9.90 Å². The van der Waals surface area contributed by atoms with Gasteiger partial charge in [0.05, 0.1) is 10.6 Å². The average molecular weight is 526 g/mol. The zero-order chi connectivity index (χ0) is 25.8. The standard InChI is InChI=1S/C29H29Cl2NO4/c1-4-11-32(3)12-13-35-21-8-5-19(6-9-21)15-24-23-14-18(2)26(33)17-27(23)36-29(34)28(24)22-10-7-20(30)16-25(22)31/h5-10,14,16-17,33H,4,11-13,15H2,1-3H3. The molecule has 36 heavy (non-hydrogen) atoms. The van der Waals surface area contributed by atoms with Gasteiger partial charge in [0.25, 0.3) is 0 Å². The van der Waals surface area contributed by atoms with Crippen LogP contribution in [0.1, 0.15) is 30.0 Å². The van der Waals surface area contributed by atoms with Gasteiger partial charge in [0.15, 0.2) is 0 Å². The van der Waals surface area contributed by atoms with Gasteiger partial charge in [0, 0.05) is 28.6 Å². The van der Waals surface area contributed by atoms with Crippen molar-refractivity contribution in [1.82, 2.24) is 4.90 Å². The van der Waals surface area contributed by atoms with Gasteiger partial charge in [0.2, 0.25) is 0 Å². The number of rotatable bonds is 9. The number of fused-ring (bicyclic) bond motifs is 1. The number of nitrogens with zero attached hydrogens (tertiary/aromatic N) is 1. The summed E-state index contributed by atoms with van der Waals surface area (Å²) in [6.07, 6.45) is 1.57. The molecule has 1 heterocycles. The fraction of sp³-hybridized carbons (Fsp3) is 0.276. The van der Waals surface area contributed by atoms with Gasteiger partial charge in [0.1, 0.15) is 23.7 Å². The molecule has 5 nitrogen and oxygen atoms in total. The molecule has 0 spiro atoms. The van der Waals surface area contributed by atoms with Gasteiger partial charge < -0.3 is 19.2 Å². The smallest absolute Gasteiger partial charge is 0.344 e. The van der Waals surface area contributed by atoms with Crippen LogP contribution in [0.3, 0.4) is 0 Å². The second-order valence-corrected chi connectivity index (χ2v) is 9.82. The number of aryl methyl sites for hydroxylation is 1. The molecule has 0 fully saturated rings. The number of likely N-dealkylation sites (N-methyl/N-ethyl adjacent to an activating group) is 1. The van der Waals surface area contributed by atoms with Crippen molar-refractivity contribution in [3.63, 3.8) is 0 Å². The number of phenolic OH excluding ortho intramolecular Hbond substituents is 1. The van der Waals surface area contributed by atoms with Crippen LogP contribution >= 0.6 is 23.2 Å². The van der Waals surface area contributed by atoms with Crippen LogP contribution in [0, 0.1) is 6.92 Å². The van der Waals surface area contributed by atoms with Gasteiger partial charge in [-0.25, -0.2) is 4.79 Å². The summed E-state index contributed by atoms with van der Waals surface area (Å²) in [6.45, 7) is 6.48. The van der Waals surface area contributed by atoms with E-state index in [4.69, 9.17) is 32.4 Å². The van der Waals surface area contributed by atoms with Gasteiger partial charge in [-0.05, 0) is 80.4 Å². The molecule has 0 aliphatic heterocycles. The number of hydrogen-bond acceptors (Lipinski definition) is 5. The van der Waals surface area contributed by atoms with Crippen molar-refractivity contribution in [2.45, 2.75) is 26.7 Å². The second kappa shape index (κ2) is 11.4. The van der Waals surface area contributed by atoms with Crippen molar-refractivity contribution >= 4 is 34.2 Å². The molecule has 0 saturated heterocycles. The summed E-state index contributed by atoms with van der Waals surface area (Å²) >= 11 is 12.6. The Morgan fingerprint density at radius 2 is 1.78 bits per heavy atom. The molecule has 0 amide bonds. The third-order valence-corrected chi connectivity index (χ3v) is 6.73. The molecule has 1 aromatic heterocycles. The van der Waals surface area contributed by atoms with Crippen molar-refractivity contribution in [3.8, 4) is 22.6 Å². The molecular formula is C29H29Cl2NO4. The van der Waals surface area contributed by atoms with Gasteiger partial charge in [-0.1, -0.05) is 48.3 Å². The van der Waals surface area contributed by atoms with Crippen molar-refractivity contribution < 1.29 is 14.3 Å². The van der Waals surface area contributed by atoms with E-state index in [0.717, 1.165) is 41.8 Å². The Kier molecular flexibility index (Phi) is 8.24. The zero-order valence-corrected chi connectivity index (χ0v) is 22.1. The van der Waals surface area contributed by atoms with E-state index in [-0.39, 0.29) is 5.75 Å². The average Bonchev–Trinajstić information content (AvgIpc) is 2.83. The summed E-state index contributed by atoms with van der Waals surface area (Å²) in [5.74, 6) is 0.864. The molecule has 188 valence electrons. The molecule has 4 rings (SSSR count). The number of halogens is 2. The minimum Gasteiger partial charge on any atom is -0.508 e. The Labute approximate surface area is 220 Å². The monoisotopic (exact) mass is 525 g/mol. The van der Waals surface area contributed by atoms with Crippen LogP contribution in [0.15, 0.2) is 63.8 Å². The van der Waals surface area contributed by atoms with E-state index >= 15 is 0 Å². The maximum Gasteiger partial charge on any atom is 0.344 e. The normalized spacial score (nSPS) is 11.4. The first-order valence-electron chi connectivity index (χ1n) is 11.9.